The summed E-state index contributed by atoms with van der Waals surface area (Å²) in [5.74, 6) is -1.72. The topological polar surface area (TPSA) is 17.1 Å². The van der Waals surface area contributed by atoms with Crippen molar-refractivity contribution in [3.05, 3.63) is 28.8 Å². The molecule has 0 saturated carbocycles. The molecule has 0 bridgehead atoms. The molecule has 0 amide bonds. The Balaban J connectivity index is 3.13. The summed E-state index contributed by atoms with van der Waals surface area (Å²) >= 11 is 7.30. The molecule has 0 heterocycles. The number of halogens is 4. The van der Waals surface area contributed by atoms with Gasteiger partial charge in [0, 0.05) is 16.3 Å². The highest BCUT2D eigenvalue weighted by Gasteiger charge is 2.42. The van der Waals surface area contributed by atoms with E-state index >= 15 is 0 Å². The average Bonchev–Trinajstić information content (AvgIpc) is 2.27. The van der Waals surface area contributed by atoms with Crippen LogP contribution in [0, 0.1) is 0 Å². The van der Waals surface area contributed by atoms with Gasteiger partial charge in [-0.15, -0.1) is 11.8 Å². The summed E-state index contributed by atoms with van der Waals surface area (Å²) < 4.78 is 37.1. The van der Waals surface area contributed by atoms with Crippen LogP contribution in [0.3, 0.4) is 0 Å². The lowest BCUT2D eigenvalue weighted by molar-refractivity contribution is -0.172. The molecule has 106 valence electrons. The molecule has 0 atom stereocenters. The average molecular weight is 311 g/mol. The minimum Gasteiger partial charge on any atom is -0.290 e. The molecule has 0 aliphatic rings. The van der Waals surface area contributed by atoms with Crippen LogP contribution in [0.2, 0.25) is 5.02 Å². The number of benzene rings is 1. The maximum atomic E-state index is 12.4. The third-order valence-corrected chi connectivity index (χ3v) is 3.84. The monoisotopic (exact) mass is 310 g/mol. The quantitative estimate of drug-likeness (QED) is 0.739. The lowest BCUT2D eigenvalue weighted by atomic mass is 9.80. The molecule has 1 rings (SSSR count). The summed E-state index contributed by atoms with van der Waals surface area (Å²) in [6.45, 7) is 3.23. The molecule has 0 N–H and O–H groups in total. The molecule has 19 heavy (non-hydrogen) atoms. The molecule has 0 saturated heterocycles. The number of rotatable bonds is 4. The Morgan fingerprint density at radius 1 is 1.32 bits per heavy atom. The second kappa shape index (κ2) is 5.75. The maximum absolute atomic E-state index is 12.4. The first kappa shape index (κ1) is 16.4. The summed E-state index contributed by atoms with van der Waals surface area (Å²) in [5.41, 5.74) is -0.263. The van der Waals surface area contributed by atoms with Crippen LogP contribution in [-0.2, 0) is 10.2 Å². The van der Waals surface area contributed by atoms with Crippen LogP contribution in [-0.4, -0.2) is 18.2 Å². The van der Waals surface area contributed by atoms with Crippen LogP contribution in [0.1, 0.15) is 25.8 Å². The van der Waals surface area contributed by atoms with E-state index in [-0.39, 0.29) is 0 Å². The van der Waals surface area contributed by atoms with Gasteiger partial charge in [0.05, 0.1) is 0 Å². The molecule has 0 aliphatic carbocycles. The molecule has 1 aromatic carbocycles. The Labute approximate surface area is 119 Å². The van der Waals surface area contributed by atoms with Crippen molar-refractivity contribution >= 4 is 29.1 Å². The third-order valence-electron chi connectivity index (χ3n) is 2.81. The second-order valence-corrected chi connectivity index (χ2v) is 6.11. The van der Waals surface area contributed by atoms with Gasteiger partial charge < -0.3 is 0 Å². The van der Waals surface area contributed by atoms with Crippen molar-refractivity contribution in [2.45, 2.75) is 36.8 Å². The van der Waals surface area contributed by atoms with Gasteiger partial charge in [-0.3, -0.25) is 4.79 Å². The molecule has 0 radical (unpaired) electrons. The highest BCUT2D eigenvalue weighted by molar-refractivity contribution is 7.98. The van der Waals surface area contributed by atoms with E-state index in [1.807, 2.05) is 6.26 Å². The highest BCUT2D eigenvalue weighted by Crippen LogP contribution is 2.37. The van der Waals surface area contributed by atoms with E-state index in [4.69, 9.17) is 11.6 Å². The molecule has 1 aromatic rings. The van der Waals surface area contributed by atoms with E-state index in [0.29, 0.717) is 10.6 Å². The van der Waals surface area contributed by atoms with Gasteiger partial charge in [0.2, 0.25) is 5.78 Å². The van der Waals surface area contributed by atoms with Crippen molar-refractivity contribution < 1.29 is 18.0 Å². The lowest BCUT2D eigenvalue weighted by Crippen LogP contribution is -2.31. The fraction of sp³-hybridized carbons (Fsp3) is 0.462. The van der Waals surface area contributed by atoms with Gasteiger partial charge in [-0.25, -0.2) is 0 Å². The summed E-state index contributed by atoms with van der Waals surface area (Å²) in [7, 11) is 0. The van der Waals surface area contributed by atoms with Crippen molar-refractivity contribution in [2.24, 2.45) is 0 Å². The summed E-state index contributed by atoms with van der Waals surface area (Å²) in [5, 5.41) is 0.445. The second-order valence-electron chi connectivity index (χ2n) is 4.83. The van der Waals surface area contributed by atoms with Crippen LogP contribution in [0.5, 0.6) is 0 Å². The number of Topliss-reactive ketones (excluding diaryl/α,β-unsaturated/α-hetero) is 1. The number of alkyl halides is 3. The number of carbonyl (C=O) groups excluding carboxylic acids is 1. The maximum Gasteiger partial charge on any atom is 0.450 e. The van der Waals surface area contributed by atoms with Crippen molar-refractivity contribution in [2.75, 3.05) is 6.26 Å². The molecule has 0 aliphatic heterocycles. The first-order valence-corrected chi connectivity index (χ1v) is 7.12. The van der Waals surface area contributed by atoms with Gasteiger partial charge in [0.25, 0.3) is 0 Å². The fourth-order valence-electron chi connectivity index (χ4n) is 1.81. The van der Waals surface area contributed by atoms with Crippen LogP contribution >= 0.6 is 23.4 Å². The molecular formula is C13H14ClF3OS. The van der Waals surface area contributed by atoms with Gasteiger partial charge in [0.1, 0.15) is 0 Å². The zero-order valence-electron chi connectivity index (χ0n) is 10.8. The van der Waals surface area contributed by atoms with E-state index in [9.17, 15) is 18.0 Å². The van der Waals surface area contributed by atoms with Crippen LogP contribution in [0.15, 0.2) is 23.1 Å². The Bertz CT molecular complexity index is 483. The zero-order valence-corrected chi connectivity index (χ0v) is 12.3. The van der Waals surface area contributed by atoms with Gasteiger partial charge in [-0.2, -0.15) is 13.2 Å². The minimum absolute atomic E-state index is 0.445. The standard InChI is InChI=1S/C13H14ClF3OS/c1-12(2,7-11(18)13(15,16)17)9-6-8(14)4-5-10(9)19-3/h4-6H,7H2,1-3H3. The Hall–Kier alpha value is -0.680. The molecule has 1 nitrogen and oxygen atoms in total. The molecule has 0 unspecified atom stereocenters. The summed E-state index contributed by atoms with van der Waals surface area (Å²) in [6, 6.07) is 5.05. The highest BCUT2D eigenvalue weighted by atomic mass is 35.5. The predicted octanol–water partition coefficient (Wildman–Crippen LogP) is 4.86. The lowest BCUT2D eigenvalue weighted by Gasteiger charge is -2.27. The molecule has 0 spiro atoms. The van der Waals surface area contributed by atoms with E-state index in [2.05, 4.69) is 0 Å². The molecule has 0 aromatic heterocycles. The van der Waals surface area contributed by atoms with Gasteiger partial charge >= 0.3 is 6.18 Å². The van der Waals surface area contributed by atoms with E-state index < -0.39 is 23.8 Å². The number of carbonyl (C=O) groups is 1. The molecular weight excluding hydrogens is 297 g/mol. The fourth-order valence-corrected chi connectivity index (χ4v) is 2.74. The van der Waals surface area contributed by atoms with Gasteiger partial charge in [-0.1, -0.05) is 25.4 Å². The van der Waals surface area contributed by atoms with Gasteiger partial charge in [-0.05, 0) is 35.4 Å². The first-order valence-electron chi connectivity index (χ1n) is 5.52. The largest absolute Gasteiger partial charge is 0.450 e. The molecule has 6 heteroatoms. The van der Waals surface area contributed by atoms with E-state index in [1.54, 1.807) is 32.0 Å². The molecule has 0 fully saturated rings. The number of hydrogen-bond acceptors (Lipinski definition) is 2. The van der Waals surface area contributed by atoms with Crippen molar-refractivity contribution in [3.63, 3.8) is 0 Å². The predicted molar refractivity (Wildman–Crippen MR) is 71.9 cm³/mol. The first-order chi connectivity index (χ1) is 8.58. The van der Waals surface area contributed by atoms with E-state index in [0.717, 1.165) is 4.90 Å². The smallest absolute Gasteiger partial charge is 0.290 e. The normalized spacial score (nSPS) is 12.6. The van der Waals surface area contributed by atoms with Crippen LogP contribution < -0.4 is 0 Å². The van der Waals surface area contributed by atoms with Crippen molar-refractivity contribution in [1.82, 2.24) is 0 Å². The Kier molecular flexibility index (Phi) is 4.96. The minimum atomic E-state index is -4.80. The Morgan fingerprint density at radius 2 is 1.89 bits per heavy atom. The van der Waals surface area contributed by atoms with Crippen molar-refractivity contribution in [3.8, 4) is 0 Å². The SMILES string of the molecule is CSc1ccc(Cl)cc1C(C)(C)CC(=O)C(F)(F)F. The number of ketones is 1. The zero-order chi connectivity index (χ0) is 14.8. The van der Waals surface area contributed by atoms with Gasteiger partial charge in [0.15, 0.2) is 0 Å². The van der Waals surface area contributed by atoms with Crippen LogP contribution in [0.25, 0.3) is 0 Å². The van der Waals surface area contributed by atoms with E-state index in [1.165, 1.54) is 11.8 Å². The third kappa shape index (κ3) is 4.14. The summed E-state index contributed by atoms with van der Waals surface area (Å²) in [6.07, 6.45) is -3.56. The van der Waals surface area contributed by atoms with Crippen molar-refractivity contribution in [1.29, 1.82) is 0 Å². The number of thioether (sulfide) groups is 1. The Morgan fingerprint density at radius 3 is 2.37 bits per heavy atom. The van der Waals surface area contributed by atoms with Crippen LogP contribution in [0.4, 0.5) is 13.2 Å². The summed E-state index contributed by atoms with van der Waals surface area (Å²) in [4.78, 5) is 12.0. The number of hydrogen-bond donors (Lipinski definition) is 0.